The average molecular weight is 316 g/mol. The van der Waals surface area contributed by atoms with Gasteiger partial charge in [-0.15, -0.1) is 0 Å². The Morgan fingerprint density at radius 1 is 1.59 bits per heavy atom. The van der Waals surface area contributed by atoms with Gasteiger partial charge in [0, 0.05) is 30.0 Å². The van der Waals surface area contributed by atoms with Crippen LogP contribution >= 0.6 is 27.5 Å². The molecule has 0 saturated heterocycles. The number of rotatable bonds is 2. The van der Waals surface area contributed by atoms with E-state index in [-0.39, 0.29) is 11.1 Å². The predicted molar refractivity (Wildman–Crippen MR) is 68.1 cm³/mol. The molecular formula is C10H8BrClN4O. The Balaban J connectivity index is 2.22. The number of anilines is 1. The molecule has 2 aromatic rings. The van der Waals surface area contributed by atoms with Crippen molar-refractivity contribution in [1.29, 1.82) is 0 Å². The van der Waals surface area contributed by atoms with Crippen LogP contribution in [0.1, 0.15) is 10.4 Å². The standard InChI is InChI=1S/C10H8BrClN4O/c1-16-3-2-8(15-16)14-10(17)7-4-6(11)5-13-9(7)12/h2-5H,1H3,(H,14,15,17). The Kier molecular flexibility index (Phi) is 3.44. The third-order valence-electron chi connectivity index (χ3n) is 2.01. The first-order valence-corrected chi connectivity index (χ1v) is 5.85. The molecule has 0 saturated carbocycles. The summed E-state index contributed by atoms with van der Waals surface area (Å²) < 4.78 is 2.28. The van der Waals surface area contributed by atoms with Gasteiger partial charge < -0.3 is 5.32 Å². The molecule has 0 atom stereocenters. The van der Waals surface area contributed by atoms with Crippen molar-refractivity contribution in [2.24, 2.45) is 7.05 Å². The van der Waals surface area contributed by atoms with Crippen molar-refractivity contribution in [3.63, 3.8) is 0 Å². The van der Waals surface area contributed by atoms with Crippen molar-refractivity contribution in [2.45, 2.75) is 0 Å². The Labute approximate surface area is 111 Å². The van der Waals surface area contributed by atoms with Gasteiger partial charge in [-0.3, -0.25) is 9.48 Å². The summed E-state index contributed by atoms with van der Waals surface area (Å²) >= 11 is 9.08. The molecular weight excluding hydrogens is 307 g/mol. The normalized spacial score (nSPS) is 10.3. The van der Waals surface area contributed by atoms with E-state index in [0.717, 1.165) is 0 Å². The minimum absolute atomic E-state index is 0.154. The van der Waals surface area contributed by atoms with Crippen LogP contribution in [0.4, 0.5) is 5.82 Å². The van der Waals surface area contributed by atoms with Gasteiger partial charge in [-0.05, 0) is 22.0 Å². The van der Waals surface area contributed by atoms with Crippen LogP contribution in [0.3, 0.4) is 0 Å². The molecule has 0 fully saturated rings. The van der Waals surface area contributed by atoms with E-state index in [4.69, 9.17) is 11.6 Å². The van der Waals surface area contributed by atoms with Crippen molar-refractivity contribution in [3.05, 3.63) is 39.7 Å². The summed E-state index contributed by atoms with van der Waals surface area (Å²) in [7, 11) is 1.77. The van der Waals surface area contributed by atoms with Gasteiger partial charge in [-0.25, -0.2) is 4.98 Å². The lowest BCUT2D eigenvalue weighted by molar-refractivity contribution is 0.102. The van der Waals surface area contributed by atoms with Crippen LogP contribution in [0.2, 0.25) is 5.15 Å². The summed E-state index contributed by atoms with van der Waals surface area (Å²) in [5.74, 6) is 0.121. The molecule has 17 heavy (non-hydrogen) atoms. The van der Waals surface area contributed by atoms with Crippen LogP contribution in [-0.4, -0.2) is 20.7 Å². The van der Waals surface area contributed by atoms with Crippen LogP contribution in [0.15, 0.2) is 29.0 Å². The summed E-state index contributed by atoms with van der Waals surface area (Å²) in [6.07, 6.45) is 3.26. The van der Waals surface area contributed by atoms with Gasteiger partial charge in [0.15, 0.2) is 5.82 Å². The number of aromatic nitrogens is 3. The van der Waals surface area contributed by atoms with Crippen molar-refractivity contribution >= 4 is 39.3 Å². The van der Waals surface area contributed by atoms with Crippen molar-refractivity contribution in [2.75, 3.05) is 5.32 Å². The third-order valence-corrected chi connectivity index (χ3v) is 2.74. The largest absolute Gasteiger partial charge is 0.305 e. The summed E-state index contributed by atoms with van der Waals surface area (Å²) in [4.78, 5) is 15.8. The number of nitrogens with one attached hydrogen (secondary N) is 1. The molecule has 2 heterocycles. The molecule has 2 aromatic heterocycles. The van der Waals surface area contributed by atoms with Crippen molar-refractivity contribution in [1.82, 2.24) is 14.8 Å². The number of halogens is 2. The molecule has 0 aliphatic carbocycles. The number of aryl methyl sites for hydroxylation is 1. The van der Waals surface area contributed by atoms with Gasteiger partial charge in [-0.2, -0.15) is 5.10 Å². The third kappa shape index (κ3) is 2.83. The van der Waals surface area contributed by atoms with E-state index < -0.39 is 0 Å². The van der Waals surface area contributed by atoms with Crippen LogP contribution < -0.4 is 5.32 Å². The van der Waals surface area contributed by atoms with E-state index in [2.05, 4.69) is 31.3 Å². The summed E-state index contributed by atoms with van der Waals surface area (Å²) in [5, 5.41) is 6.82. The summed E-state index contributed by atoms with van der Waals surface area (Å²) in [5.41, 5.74) is 0.298. The highest BCUT2D eigenvalue weighted by Crippen LogP contribution is 2.19. The maximum atomic E-state index is 11.9. The number of hydrogen-bond acceptors (Lipinski definition) is 3. The Bertz CT molecular complexity index is 569. The average Bonchev–Trinajstić information content (AvgIpc) is 2.67. The zero-order valence-corrected chi connectivity index (χ0v) is 11.2. The fraction of sp³-hybridized carbons (Fsp3) is 0.100. The van der Waals surface area contributed by atoms with Crippen LogP contribution in [0.5, 0.6) is 0 Å². The van der Waals surface area contributed by atoms with Gasteiger partial charge in [0.25, 0.3) is 5.91 Å². The molecule has 5 nitrogen and oxygen atoms in total. The van der Waals surface area contributed by atoms with Gasteiger partial charge in [0.1, 0.15) is 5.15 Å². The smallest absolute Gasteiger partial charge is 0.260 e. The van der Waals surface area contributed by atoms with Gasteiger partial charge >= 0.3 is 0 Å². The first kappa shape index (κ1) is 12.1. The van der Waals surface area contributed by atoms with E-state index in [0.29, 0.717) is 15.9 Å². The second-order valence-electron chi connectivity index (χ2n) is 3.32. The molecule has 0 unspecified atom stereocenters. The Morgan fingerprint density at radius 2 is 2.35 bits per heavy atom. The monoisotopic (exact) mass is 314 g/mol. The molecule has 0 aromatic carbocycles. The minimum Gasteiger partial charge on any atom is -0.305 e. The molecule has 1 N–H and O–H groups in total. The number of nitrogens with zero attached hydrogens (tertiary/aromatic N) is 3. The molecule has 0 radical (unpaired) electrons. The SMILES string of the molecule is Cn1ccc(NC(=O)c2cc(Br)cnc2Cl)n1. The molecule has 0 aliphatic heterocycles. The molecule has 7 heteroatoms. The van der Waals surface area contributed by atoms with E-state index in [1.807, 2.05) is 0 Å². The number of carbonyl (C=O) groups excluding carboxylic acids is 1. The highest BCUT2D eigenvalue weighted by molar-refractivity contribution is 9.10. The van der Waals surface area contributed by atoms with E-state index in [1.54, 1.807) is 30.1 Å². The lowest BCUT2D eigenvalue weighted by Crippen LogP contribution is -2.13. The highest BCUT2D eigenvalue weighted by Gasteiger charge is 2.13. The summed E-state index contributed by atoms with van der Waals surface area (Å²) in [6.45, 7) is 0. The van der Waals surface area contributed by atoms with Crippen LogP contribution in [-0.2, 0) is 7.05 Å². The molecule has 1 amide bonds. The van der Waals surface area contributed by atoms with E-state index in [9.17, 15) is 4.79 Å². The quantitative estimate of drug-likeness (QED) is 0.866. The van der Waals surface area contributed by atoms with Gasteiger partial charge in [0.2, 0.25) is 0 Å². The maximum absolute atomic E-state index is 11.9. The lowest BCUT2D eigenvalue weighted by Gasteiger charge is -2.03. The maximum Gasteiger partial charge on any atom is 0.260 e. The second-order valence-corrected chi connectivity index (χ2v) is 4.59. The number of hydrogen-bond donors (Lipinski definition) is 1. The van der Waals surface area contributed by atoms with E-state index in [1.165, 1.54) is 6.20 Å². The fourth-order valence-corrected chi connectivity index (χ4v) is 1.77. The fourth-order valence-electron chi connectivity index (χ4n) is 1.25. The van der Waals surface area contributed by atoms with Crippen LogP contribution in [0, 0.1) is 0 Å². The number of amides is 1. The Morgan fingerprint density at radius 3 is 3.00 bits per heavy atom. The topological polar surface area (TPSA) is 59.8 Å². The van der Waals surface area contributed by atoms with Gasteiger partial charge in [-0.1, -0.05) is 11.6 Å². The van der Waals surface area contributed by atoms with E-state index >= 15 is 0 Å². The highest BCUT2D eigenvalue weighted by atomic mass is 79.9. The molecule has 0 spiro atoms. The number of carbonyl (C=O) groups is 1. The lowest BCUT2D eigenvalue weighted by atomic mass is 10.2. The Hall–Kier alpha value is -1.40. The zero-order valence-electron chi connectivity index (χ0n) is 8.82. The van der Waals surface area contributed by atoms with Gasteiger partial charge in [0.05, 0.1) is 5.56 Å². The van der Waals surface area contributed by atoms with Crippen molar-refractivity contribution in [3.8, 4) is 0 Å². The first-order valence-electron chi connectivity index (χ1n) is 4.68. The zero-order chi connectivity index (χ0) is 12.4. The predicted octanol–water partition coefficient (Wildman–Crippen LogP) is 2.48. The van der Waals surface area contributed by atoms with Crippen LogP contribution in [0.25, 0.3) is 0 Å². The molecule has 88 valence electrons. The first-order chi connectivity index (χ1) is 8.06. The second kappa shape index (κ2) is 4.85. The molecule has 0 aliphatic rings. The molecule has 0 bridgehead atoms. The number of pyridine rings is 1. The van der Waals surface area contributed by atoms with Crippen molar-refractivity contribution < 1.29 is 4.79 Å². The summed E-state index contributed by atoms with van der Waals surface area (Å²) in [6, 6.07) is 3.30. The molecule has 2 rings (SSSR count). The minimum atomic E-state index is -0.345.